The molecule has 1 fully saturated rings. The van der Waals surface area contributed by atoms with Crippen LogP contribution in [0.25, 0.3) is 10.9 Å². The number of hydrogen-bond donors (Lipinski definition) is 1. The van der Waals surface area contributed by atoms with Crippen molar-refractivity contribution < 1.29 is 9.53 Å². The number of carbonyl (C=O) groups is 1. The number of nitrogens with zero attached hydrogens (tertiary/aromatic N) is 4. The Labute approximate surface area is 192 Å². The third-order valence-electron chi connectivity index (χ3n) is 5.81. The van der Waals surface area contributed by atoms with E-state index in [1.165, 1.54) is 0 Å². The van der Waals surface area contributed by atoms with Gasteiger partial charge >= 0.3 is 0 Å². The summed E-state index contributed by atoms with van der Waals surface area (Å²) in [5.74, 6) is 0.789. The lowest BCUT2D eigenvalue weighted by molar-refractivity contribution is -0.0246. The molecule has 7 nitrogen and oxygen atoms in total. The van der Waals surface area contributed by atoms with E-state index in [1.54, 1.807) is 12.4 Å². The summed E-state index contributed by atoms with van der Waals surface area (Å²) in [6, 6.07) is 17.3. The van der Waals surface area contributed by atoms with Gasteiger partial charge in [-0.15, -0.1) is 0 Å². The Balaban J connectivity index is 1.39. The van der Waals surface area contributed by atoms with Crippen molar-refractivity contribution in [3.05, 3.63) is 89.5 Å². The molecule has 1 atom stereocenters. The van der Waals surface area contributed by atoms with Crippen LogP contribution in [0.4, 0.5) is 11.5 Å². The number of hydrogen-bond acceptors (Lipinski definition) is 6. The largest absolute Gasteiger partial charge is 0.368 e. The summed E-state index contributed by atoms with van der Waals surface area (Å²) in [6.45, 7) is 5.40. The fourth-order valence-electron chi connectivity index (χ4n) is 4.16. The van der Waals surface area contributed by atoms with E-state index in [0.717, 1.165) is 39.4 Å². The van der Waals surface area contributed by atoms with Gasteiger partial charge in [-0.25, -0.2) is 4.98 Å². The van der Waals surface area contributed by atoms with Crippen molar-refractivity contribution in [3.8, 4) is 0 Å². The number of carbonyl (C=O) groups excluding carboxylic acids is 1. The van der Waals surface area contributed by atoms with E-state index in [2.05, 4.69) is 15.3 Å². The fraction of sp³-hybridized carbons (Fsp3) is 0.231. The quantitative estimate of drug-likeness (QED) is 0.501. The van der Waals surface area contributed by atoms with Crippen LogP contribution in [0.1, 0.15) is 33.4 Å². The van der Waals surface area contributed by atoms with Crippen LogP contribution >= 0.6 is 0 Å². The van der Waals surface area contributed by atoms with Crippen molar-refractivity contribution >= 4 is 28.3 Å². The predicted octanol–water partition coefficient (Wildman–Crippen LogP) is 4.60. The van der Waals surface area contributed by atoms with Crippen molar-refractivity contribution in [2.24, 2.45) is 0 Å². The molecule has 1 N–H and O–H groups in total. The molecule has 3 aromatic heterocycles. The Hall–Kier alpha value is -3.84. The number of amides is 1. The van der Waals surface area contributed by atoms with Crippen LogP contribution in [0.5, 0.6) is 0 Å². The first-order valence-corrected chi connectivity index (χ1v) is 11.0. The molecule has 5 rings (SSSR count). The molecule has 1 amide bonds. The Morgan fingerprint density at radius 3 is 2.79 bits per heavy atom. The highest BCUT2D eigenvalue weighted by atomic mass is 16.5. The third kappa shape index (κ3) is 4.40. The van der Waals surface area contributed by atoms with Gasteiger partial charge in [0.1, 0.15) is 11.9 Å². The van der Waals surface area contributed by atoms with E-state index in [9.17, 15) is 4.79 Å². The molecular weight excluding hydrogens is 414 g/mol. The number of nitrogens with one attached hydrogen (secondary N) is 1. The van der Waals surface area contributed by atoms with E-state index in [1.807, 2.05) is 73.3 Å². The second kappa shape index (κ2) is 8.96. The molecule has 1 saturated heterocycles. The maximum Gasteiger partial charge on any atom is 0.254 e. The zero-order valence-corrected chi connectivity index (χ0v) is 18.7. The van der Waals surface area contributed by atoms with Crippen molar-refractivity contribution in [2.75, 3.05) is 25.0 Å². The molecule has 7 heteroatoms. The summed E-state index contributed by atoms with van der Waals surface area (Å²) in [6.07, 6.45) is 3.20. The number of pyridine rings is 3. The number of benzene rings is 1. The van der Waals surface area contributed by atoms with Crippen molar-refractivity contribution in [2.45, 2.75) is 20.0 Å². The monoisotopic (exact) mass is 439 g/mol. The first kappa shape index (κ1) is 21.0. The molecule has 33 heavy (non-hydrogen) atoms. The Kier molecular flexibility index (Phi) is 5.71. The SMILES string of the molecule is Cc1cc(Nc2ncccc2C)cc(C2CN(C(=O)c3cccc4ncccc34)CCO2)n1. The van der Waals surface area contributed by atoms with Crippen LogP contribution in [0.15, 0.2) is 67.0 Å². The van der Waals surface area contributed by atoms with E-state index < -0.39 is 0 Å². The Morgan fingerprint density at radius 2 is 1.91 bits per heavy atom. The normalized spacial score (nSPS) is 16.1. The number of ether oxygens (including phenoxy) is 1. The topological polar surface area (TPSA) is 80.2 Å². The lowest BCUT2D eigenvalue weighted by Crippen LogP contribution is -2.42. The van der Waals surface area contributed by atoms with Gasteiger partial charge in [0, 0.05) is 41.3 Å². The van der Waals surface area contributed by atoms with E-state index >= 15 is 0 Å². The van der Waals surface area contributed by atoms with Gasteiger partial charge in [0.2, 0.25) is 0 Å². The average Bonchev–Trinajstić information content (AvgIpc) is 2.84. The molecule has 1 aliphatic heterocycles. The minimum atomic E-state index is -0.305. The average molecular weight is 440 g/mol. The second-order valence-electron chi connectivity index (χ2n) is 8.20. The standard InChI is InChI=1S/C26H25N5O2/c1-17-6-4-11-28-25(17)30-19-14-18(2)29-23(15-19)24-16-31(12-13-33-24)26(32)21-7-3-9-22-20(21)8-5-10-27-22/h3-11,14-15,24H,12-13,16H2,1-2H3,(H,28,29,30). The molecule has 166 valence electrons. The first-order chi connectivity index (χ1) is 16.1. The van der Waals surface area contributed by atoms with Gasteiger partial charge in [-0.05, 0) is 55.8 Å². The maximum atomic E-state index is 13.4. The van der Waals surface area contributed by atoms with Gasteiger partial charge in [-0.2, -0.15) is 0 Å². The number of fused-ring (bicyclic) bond motifs is 1. The second-order valence-corrected chi connectivity index (χ2v) is 8.20. The molecule has 1 aromatic carbocycles. The number of rotatable bonds is 4. The van der Waals surface area contributed by atoms with E-state index in [0.29, 0.717) is 25.3 Å². The Morgan fingerprint density at radius 1 is 1.06 bits per heavy atom. The fourth-order valence-corrected chi connectivity index (χ4v) is 4.16. The highest BCUT2D eigenvalue weighted by molar-refractivity contribution is 6.06. The lowest BCUT2D eigenvalue weighted by Gasteiger charge is -2.33. The third-order valence-corrected chi connectivity index (χ3v) is 5.81. The minimum Gasteiger partial charge on any atom is -0.368 e. The number of morpholine rings is 1. The van der Waals surface area contributed by atoms with Crippen molar-refractivity contribution in [3.63, 3.8) is 0 Å². The predicted molar refractivity (Wildman–Crippen MR) is 128 cm³/mol. The lowest BCUT2D eigenvalue weighted by atomic mass is 10.1. The number of aromatic nitrogens is 3. The molecule has 1 aliphatic rings. The highest BCUT2D eigenvalue weighted by Crippen LogP contribution is 2.27. The summed E-state index contributed by atoms with van der Waals surface area (Å²) >= 11 is 0. The van der Waals surface area contributed by atoms with Crippen LogP contribution in [0.3, 0.4) is 0 Å². The highest BCUT2D eigenvalue weighted by Gasteiger charge is 2.28. The van der Waals surface area contributed by atoms with Gasteiger partial charge < -0.3 is 15.0 Å². The Bertz CT molecular complexity index is 1320. The summed E-state index contributed by atoms with van der Waals surface area (Å²) in [5.41, 5.74) is 5.09. The summed E-state index contributed by atoms with van der Waals surface area (Å²) in [7, 11) is 0. The first-order valence-electron chi connectivity index (χ1n) is 11.0. The van der Waals surface area contributed by atoms with Crippen molar-refractivity contribution in [1.29, 1.82) is 0 Å². The molecule has 0 radical (unpaired) electrons. The van der Waals surface area contributed by atoms with Crippen LogP contribution in [-0.4, -0.2) is 45.5 Å². The van der Waals surface area contributed by atoms with E-state index in [4.69, 9.17) is 9.72 Å². The van der Waals surface area contributed by atoms with E-state index in [-0.39, 0.29) is 12.0 Å². The zero-order valence-electron chi connectivity index (χ0n) is 18.7. The number of anilines is 2. The van der Waals surface area contributed by atoms with Crippen LogP contribution in [-0.2, 0) is 4.74 Å². The zero-order chi connectivity index (χ0) is 22.8. The van der Waals surface area contributed by atoms with Crippen molar-refractivity contribution in [1.82, 2.24) is 19.9 Å². The van der Waals surface area contributed by atoms with Crippen LogP contribution in [0, 0.1) is 13.8 Å². The molecular formula is C26H25N5O2. The van der Waals surface area contributed by atoms with Gasteiger partial charge in [0.25, 0.3) is 5.91 Å². The smallest absolute Gasteiger partial charge is 0.254 e. The maximum absolute atomic E-state index is 13.4. The van der Waals surface area contributed by atoms with Crippen LogP contribution in [0.2, 0.25) is 0 Å². The van der Waals surface area contributed by atoms with Gasteiger partial charge in [0.05, 0.1) is 24.4 Å². The molecule has 0 saturated carbocycles. The minimum absolute atomic E-state index is 0.0167. The molecule has 4 aromatic rings. The number of aryl methyl sites for hydroxylation is 2. The summed E-state index contributed by atoms with van der Waals surface area (Å²) in [5, 5.41) is 4.24. The van der Waals surface area contributed by atoms with Gasteiger partial charge in [0.15, 0.2) is 0 Å². The van der Waals surface area contributed by atoms with Gasteiger partial charge in [-0.3, -0.25) is 14.8 Å². The summed E-state index contributed by atoms with van der Waals surface area (Å²) < 4.78 is 6.04. The van der Waals surface area contributed by atoms with Gasteiger partial charge in [-0.1, -0.05) is 18.2 Å². The molecule has 0 aliphatic carbocycles. The molecule has 1 unspecified atom stereocenters. The summed E-state index contributed by atoms with van der Waals surface area (Å²) in [4.78, 5) is 28.7. The van der Waals surface area contributed by atoms with Crippen LogP contribution < -0.4 is 5.32 Å². The molecule has 4 heterocycles. The molecule has 0 bridgehead atoms. The molecule has 0 spiro atoms.